The topological polar surface area (TPSA) is 122 Å². The summed E-state index contributed by atoms with van der Waals surface area (Å²) in [5.74, 6) is -0.168. The summed E-state index contributed by atoms with van der Waals surface area (Å²) in [7, 11) is 1.37. The molecule has 1 amide bonds. The predicted molar refractivity (Wildman–Crippen MR) is 119 cm³/mol. The van der Waals surface area contributed by atoms with E-state index in [9.17, 15) is 19.7 Å². The van der Waals surface area contributed by atoms with Crippen molar-refractivity contribution in [3.63, 3.8) is 0 Å². The molecule has 1 aromatic heterocycles. The third kappa shape index (κ3) is 4.35. The van der Waals surface area contributed by atoms with Crippen LogP contribution in [0.3, 0.4) is 0 Å². The van der Waals surface area contributed by atoms with Gasteiger partial charge < -0.3 is 19.9 Å². The third-order valence-corrected chi connectivity index (χ3v) is 5.90. The lowest BCUT2D eigenvalue weighted by atomic mass is 10.0. The number of nitro benzene ring substituents is 1. The van der Waals surface area contributed by atoms with Gasteiger partial charge in [-0.15, -0.1) is 0 Å². The van der Waals surface area contributed by atoms with Crippen molar-refractivity contribution in [3.8, 4) is 5.75 Å². The summed E-state index contributed by atoms with van der Waals surface area (Å²) in [6.45, 7) is 2.77. The molecule has 2 heterocycles. The predicted octanol–water partition coefficient (Wildman–Crippen LogP) is 2.31. The van der Waals surface area contributed by atoms with Crippen LogP contribution in [-0.2, 0) is 0 Å². The molecular formula is C22H25N5O5. The van der Waals surface area contributed by atoms with Gasteiger partial charge >= 0.3 is 5.69 Å². The number of ether oxygens (including phenoxy) is 1. The lowest BCUT2D eigenvalue weighted by molar-refractivity contribution is -0.384. The number of nitrogens with zero attached hydrogens (tertiary/aromatic N) is 3. The van der Waals surface area contributed by atoms with Gasteiger partial charge in [-0.3, -0.25) is 19.5 Å². The van der Waals surface area contributed by atoms with Crippen LogP contribution >= 0.6 is 0 Å². The number of methoxy groups -OCH3 is 1. The van der Waals surface area contributed by atoms with Crippen LogP contribution in [0.25, 0.3) is 11.0 Å². The van der Waals surface area contributed by atoms with E-state index in [1.165, 1.54) is 25.3 Å². The summed E-state index contributed by atoms with van der Waals surface area (Å²) in [6.07, 6.45) is 1.71. The number of H-pyrrole nitrogens is 1. The minimum absolute atomic E-state index is 0.0750. The lowest BCUT2D eigenvalue weighted by Crippen LogP contribution is -2.41. The maximum absolute atomic E-state index is 12.5. The number of para-hydroxylation sites is 2. The minimum Gasteiger partial charge on any atom is -0.496 e. The van der Waals surface area contributed by atoms with E-state index in [1.54, 1.807) is 0 Å². The number of fused-ring (bicyclic) bond motifs is 1. The molecule has 1 aliphatic heterocycles. The monoisotopic (exact) mass is 439 g/mol. The van der Waals surface area contributed by atoms with E-state index in [-0.39, 0.29) is 34.6 Å². The molecule has 2 aromatic carbocycles. The molecule has 0 radical (unpaired) electrons. The summed E-state index contributed by atoms with van der Waals surface area (Å²) in [4.78, 5) is 40.4. The standard InChI is InChI=1S/C22H25N5O5/c1-32-20-14-16(27(30)31)6-7-17(20)21(28)23-10-13-25-11-8-15(9-12-25)26-19-5-3-2-4-18(19)24-22(26)29/h2-7,14-15H,8-13H2,1H3,(H,23,28)(H,24,29). The van der Waals surface area contributed by atoms with E-state index >= 15 is 0 Å². The number of likely N-dealkylation sites (tertiary alicyclic amines) is 1. The van der Waals surface area contributed by atoms with Crippen LogP contribution in [0.5, 0.6) is 5.75 Å². The Morgan fingerprint density at radius 2 is 2.00 bits per heavy atom. The number of hydrogen-bond donors (Lipinski definition) is 2. The molecular weight excluding hydrogens is 414 g/mol. The van der Waals surface area contributed by atoms with Gasteiger partial charge in [0.25, 0.3) is 11.6 Å². The number of amides is 1. The Kier molecular flexibility index (Phi) is 6.22. The van der Waals surface area contributed by atoms with E-state index in [0.717, 1.165) is 37.0 Å². The average Bonchev–Trinajstić information content (AvgIpc) is 3.14. The molecule has 10 heteroatoms. The Hall–Kier alpha value is -3.66. The highest BCUT2D eigenvalue weighted by molar-refractivity contribution is 5.97. The maximum Gasteiger partial charge on any atom is 0.326 e. The Morgan fingerprint density at radius 3 is 2.72 bits per heavy atom. The normalized spacial score (nSPS) is 15.0. The Morgan fingerprint density at radius 1 is 1.25 bits per heavy atom. The molecule has 0 saturated carbocycles. The first-order chi connectivity index (χ1) is 15.5. The average molecular weight is 439 g/mol. The van der Waals surface area contributed by atoms with Crippen LogP contribution in [0.4, 0.5) is 5.69 Å². The highest BCUT2D eigenvalue weighted by atomic mass is 16.6. The fourth-order valence-electron chi connectivity index (χ4n) is 4.24. The molecule has 10 nitrogen and oxygen atoms in total. The number of aromatic amines is 1. The van der Waals surface area contributed by atoms with Gasteiger partial charge in [-0.05, 0) is 31.0 Å². The molecule has 0 atom stereocenters. The molecule has 0 unspecified atom stereocenters. The molecule has 32 heavy (non-hydrogen) atoms. The van der Waals surface area contributed by atoms with E-state index < -0.39 is 4.92 Å². The molecule has 1 aliphatic rings. The highest BCUT2D eigenvalue weighted by Gasteiger charge is 2.23. The van der Waals surface area contributed by atoms with E-state index in [4.69, 9.17) is 4.74 Å². The molecule has 0 bridgehead atoms. The number of nitro groups is 1. The van der Waals surface area contributed by atoms with Gasteiger partial charge in [0.05, 0.1) is 34.7 Å². The number of carbonyl (C=O) groups excluding carboxylic acids is 1. The zero-order chi connectivity index (χ0) is 22.7. The molecule has 1 saturated heterocycles. The van der Waals surface area contributed by atoms with E-state index in [0.29, 0.717) is 13.1 Å². The van der Waals surface area contributed by atoms with Crippen LogP contribution in [-0.4, -0.2) is 58.6 Å². The van der Waals surface area contributed by atoms with Gasteiger partial charge in [-0.1, -0.05) is 12.1 Å². The molecule has 0 spiro atoms. The van der Waals surface area contributed by atoms with Crippen LogP contribution in [0, 0.1) is 10.1 Å². The van der Waals surface area contributed by atoms with Gasteiger partial charge in [0.2, 0.25) is 0 Å². The number of aromatic nitrogens is 2. The smallest absolute Gasteiger partial charge is 0.326 e. The summed E-state index contributed by atoms with van der Waals surface area (Å²) >= 11 is 0. The number of rotatable bonds is 7. The van der Waals surface area contributed by atoms with Crippen LogP contribution in [0.2, 0.25) is 0 Å². The van der Waals surface area contributed by atoms with Crippen molar-refractivity contribution >= 4 is 22.6 Å². The quantitative estimate of drug-likeness (QED) is 0.430. The number of hydrogen-bond acceptors (Lipinski definition) is 6. The first-order valence-corrected chi connectivity index (χ1v) is 10.5. The number of nitrogens with one attached hydrogen (secondary N) is 2. The fraction of sp³-hybridized carbons (Fsp3) is 0.364. The Balaban J connectivity index is 1.30. The highest BCUT2D eigenvalue weighted by Crippen LogP contribution is 2.25. The van der Waals surface area contributed by atoms with E-state index in [2.05, 4.69) is 15.2 Å². The molecule has 4 rings (SSSR count). The fourth-order valence-corrected chi connectivity index (χ4v) is 4.24. The molecule has 168 valence electrons. The lowest BCUT2D eigenvalue weighted by Gasteiger charge is -2.32. The molecule has 1 fully saturated rings. The second-order valence-corrected chi connectivity index (χ2v) is 7.79. The number of non-ortho nitro benzene ring substituents is 1. The second-order valence-electron chi connectivity index (χ2n) is 7.79. The Bertz CT molecular complexity index is 1190. The third-order valence-electron chi connectivity index (χ3n) is 5.90. The largest absolute Gasteiger partial charge is 0.496 e. The summed E-state index contributed by atoms with van der Waals surface area (Å²) < 4.78 is 6.99. The van der Waals surface area contributed by atoms with Crippen molar-refractivity contribution in [1.82, 2.24) is 19.8 Å². The summed E-state index contributed by atoms with van der Waals surface area (Å²) in [6, 6.07) is 11.8. The number of imidazole rings is 1. The summed E-state index contributed by atoms with van der Waals surface area (Å²) in [5, 5.41) is 13.8. The van der Waals surface area contributed by atoms with Crippen LogP contribution in [0.1, 0.15) is 29.2 Å². The van der Waals surface area contributed by atoms with E-state index in [1.807, 2.05) is 28.8 Å². The van der Waals surface area contributed by atoms with Crippen molar-refractivity contribution in [1.29, 1.82) is 0 Å². The molecule has 3 aromatic rings. The second kappa shape index (κ2) is 9.23. The number of carbonyl (C=O) groups is 1. The van der Waals surface area contributed by atoms with Crippen LogP contribution in [0.15, 0.2) is 47.3 Å². The number of benzene rings is 2. The van der Waals surface area contributed by atoms with Gasteiger partial charge in [0.15, 0.2) is 0 Å². The zero-order valence-corrected chi connectivity index (χ0v) is 17.7. The first-order valence-electron chi connectivity index (χ1n) is 10.5. The minimum atomic E-state index is -0.530. The first kappa shape index (κ1) is 21.6. The number of piperidine rings is 1. The van der Waals surface area contributed by atoms with Crippen molar-refractivity contribution in [3.05, 3.63) is 68.6 Å². The SMILES string of the molecule is COc1cc([N+](=O)[O-])ccc1C(=O)NCCN1CCC(n2c(=O)[nH]c3ccccc32)CC1. The van der Waals surface area contributed by atoms with Gasteiger partial charge in [-0.2, -0.15) is 0 Å². The van der Waals surface area contributed by atoms with Crippen molar-refractivity contribution in [2.75, 3.05) is 33.3 Å². The maximum atomic E-state index is 12.5. The summed E-state index contributed by atoms with van der Waals surface area (Å²) in [5.41, 5.74) is 1.84. The van der Waals surface area contributed by atoms with Crippen molar-refractivity contribution in [2.45, 2.75) is 18.9 Å². The van der Waals surface area contributed by atoms with Gasteiger partial charge in [0.1, 0.15) is 5.75 Å². The van der Waals surface area contributed by atoms with Crippen molar-refractivity contribution < 1.29 is 14.5 Å². The zero-order valence-electron chi connectivity index (χ0n) is 17.7. The van der Waals surface area contributed by atoms with Gasteiger partial charge in [-0.25, -0.2) is 4.79 Å². The van der Waals surface area contributed by atoms with Gasteiger partial charge in [0, 0.05) is 38.3 Å². The van der Waals surface area contributed by atoms with Crippen LogP contribution < -0.4 is 15.7 Å². The Labute approximate surface area is 183 Å². The molecule has 2 N–H and O–H groups in total. The molecule has 0 aliphatic carbocycles. The van der Waals surface area contributed by atoms with Crippen molar-refractivity contribution in [2.24, 2.45) is 0 Å².